The van der Waals surface area contributed by atoms with Crippen LogP contribution in [0.5, 0.6) is 0 Å². The summed E-state index contributed by atoms with van der Waals surface area (Å²) in [5.41, 5.74) is 1.39. The minimum atomic E-state index is 0.0366. The molecule has 1 N–H and O–H groups in total. The minimum absolute atomic E-state index is 0.0366. The number of hydrogen-bond acceptors (Lipinski definition) is 4. The van der Waals surface area contributed by atoms with Crippen LogP contribution in [0.1, 0.15) is 10.4 Å². The van der Waals surface area contributed by atoms with Crippen molar-refractivity contribution in [2.24, 2.45) is 0 Å². The lowest BCUT2D eigenvalue weighted by Gasteiger charge is -2.27. The summed E-state index contributed by atoms with van der Waals surface area (Å²) >= 11 is 0. The maximum atomic E-state index is 12.3. The molecular formula is C11H13N5O. The average Bonchev–Trinajstić information content (AvgIpc) is 2.83. The number of aromatic nitrogens is 3. The highest BCUT2D eigenvalue weighted by molar-refractivity contribution is 6.00. The number of piperazine rings is 1. The minimum Gasteiger partial charge on any atom is -0.336 e. The van der Waals surface area contributed by atoms with E-state index in [0.29, 0.717) is 5.56 Å². The van der Waals surface area contributed by atoms with E-state index < -0.39 is 0 Å². The van der Waals surface area contributed by atoms with Gasteiger partial charge in [0.1, 0.15) is 0 Å². The molecular weight excluding hydrogens is 218 g/mol. The van der Waals surface area contributed by atoms with Gasteiger partial charge in [0, 0.05) is 38.6 Å². The molecule has 2 aromatic heterocycles. The second-order valence-electron chi connectivity index (χ2n) is 4.01. The number of carbonyl (C=O) groups is 1. The Hall–Kier alpha value is -1.95. The fourth-order valence-electron chi connectivity index (χ4n) is 2.04. The van der Waals surface area contributed by atoms with Gasteiger partial charge in [-0.15, -0.1) is 0 Å². The van der Waals surface area contributed by atoms with Crippen LogP contribution in [-0.4, -0.2) is 51.6 Å². The number of nitrogens with one attached hydrogen (secondary N) is 1. The molecule has 0 saturated carbocycles. The summed E-state index contributed by atoms with van der Waals surface area (Å²) in [6, 6.07) is 0. The molecule has 0 unspecified atom stereocenters. The van der Waals surface area contributed by atoms with E-state index in [4.69, 9.17) is 0 Å². The number of rotatable bonds is 1. The highest BCUT2D eigenvalue weighted by Gasteiger charge is 2.21. The average molecular weight is 231 g/mol. The molecule has 0 bridgehead atoms. The van der Waals surface area contributed by atoms with E-state index in [1.54, 1.807) is 29.3 Å². The van der Waals surface area contributed by atoms with Gasteiger partial charge < -0.3 is 10.2 Å². The van der Waals surface area contributed by atoms with Gasteiger partial charge in [-0.05, 0) is 0 Å². The molecule has 1 aliphatic rings. The summed E-state index contributed by atoms with van der Waals surface area (Å²) in [5, 5.41) is 7.37. The molecule has 1 amide bonds. The molecule has 1 saturated heterocycles. The third-order valence-electron chi connectivity index (χ3n) is 2.96. The van der Waals surface area contributed by atoms with Crippen LogP contribution < -0.4 is 5.32 Å². The third-order valence-corrected chi connectivity index (χ3v) is 2.96. The Morgan fingerprint density at radius 1 is 1.29 bits per heavy atom. The van der Waals surface area contributed by atoms with Gasteiger partial charge in [0.2, 0.25) is 0 Å². The lowest BCUT2D eigenvalue weighted by Crippen LogP contribution is -2.46. The Labute approximate surface area is 98.2 Å². The van der Waals surface area contributed by atoms with E-state index >= 15 is 0 Å². The molecule has 17 heavy (non-hydrogen) atoms. The lowest BCUT2D eigenvalue weighted by atomic mass is 10.2. The van der Waals surface area contributed by atoms with Crippen LogP contribution >= 0.6 is 0 Å². The zero-order chi connectivity index (χ0) is 11.7. The summed E-state index contributed by atoms with van der Waals surface area (Å²) in [5.74, 6) is 0.0366. The Bertz CT molecular complexity index is 544. The van der Waals surface area contributed by atoms with Crippen LogP contribution in [0.25, 0.3) is 5.52 Å². The third kappa shape index (κ3) is 1.76. The van der Waals surface area contributed by atoms with Crippen molar-refractivity contribution in [3.05, 3.63) is 30.4 Å². The molecule has 88 valence electrons. The zero-order valence-electron chi connectivity index (χ0n) is 9.33. The summed E-state index contributed by atoms with van der Waals surface area (Å²) in [7, 11) is 0. The molecule has 2 aromatic rings. The van der Waals surface area contributed by atoms with Crippen molar-refractivity contribution in [1.29, 1.82) is 0 Å². The van der Waals surface area contributed by atoms with Crippen molar-refractivity contribution in [2.45, 2.75) is 0 Å². The van der Waals surface area contributed by atoms with Gasteiger partial charge in [-0.3, -0.25) is 9.78 Å². The van der Waals surface area contributed by atoms with Crippen molar-refractivity contribution in [1.82, 2.24) is 24.8 Å². The maximum Gasteiger partial charge on any atom is 0.257 e. The molecule has 6 nitrogen and oxygen atoms in total. The van der Waals surface area contributed by atoms with Gasteiger partial charge >= 0.3 is 0 Å². The Morgan fingerprint density at radius 3 is 2.94 bits per heavy atom. The lowest BCUT2D eigenvalue weighted by molar-refractivity contribution is 0.0737. The topological polar surface area (TPSA) is 62.5 Å². The Balaban J connectivity index is 1.95. The smallest absolute Gasteiger partial charge is 0.257 e. The van der Waals surface area contributed by atoms with E-state index in [1.165, 1.54) is 0 Å². The van der Waals surface area contributed by atoms with Crippen LogP contribution in [0.15, 0.2) is 24.8 Å². The number of amides is 1. The van der Waals surface area contributed by atoms with Gasteiger partial charge in [0.05, 0.1) is 23.5 Å². The fourth-order valence-corrected chi connectivity index (χ4v) is 2.04. The predicted octanol–water partition coefficient (Wildman–Crippen LogP) is -0.225. The normalized spacial score (nSPS) is 16.4. The van der Waals surface area contributed by atoms with Crippen LogP contribution in [0.4, 0.5) is 0 Å². The first-order valence-electron chi connectivity index (χ1n) is 5.63. The number of nitrogens with zero attached hydrogens (tertiary/aromatic N) is 4. The van der Waals surface area contributed by atoms with E-state index in [-0.39, 0.29) is 5.91 Å². The second-order valence-corrected chi connectivity index (χ2v) is 4.01. The Morgan fingerprint density at radius 2 is 2.12 bits per heavy atom. The van der Waals surface area contributed by atoms with E-state index in [9.17, 15) is 4.79 Å². The summed E-state index contributed by atoms with van der Waals surface area (Å²) in [6.07, 6.45) is 6.67. The molecule has 0 radical (unpaired) electrons. The monoisotopic (exact) mass is 231 g/mol. The standard InChI is InChI=1S/C11H13N5O/c17-11(15-4-1-12-2-5-15)9-7-14-16-6-3-13-8-10(9)16/h3,6-8,12H,1-2,4-5H2. The summed E-state index contributed by atoms with van der Waals surface area (Å²) in [4.78, 5) is 18.2. The predicted molar refractivity (Wildman–Crippen MR) is 61.8 cm³/mol. The van der Waals surface area contributed by atoms with Crippen molar-refractivity contribution >= 4 is 11.4 Å². The van der Waals surface area contributed by atoms with Crippen LogP contribution in [0, 0.1) is 0 Å². The van der Waals surface area contributed by atoms with Crippen LogP contribution in [-0.2, 0) is 0 Å². The summed E-state index contributed by atoms with van der Waals surface area (Å²) in [6.45, 7) is 3.19. The van der Waals surface area contributed by atoms with Crippen molar-refractivity contribution < 1.29 is 4.79 Å². The van der Waals surface area contributed by atoms with E-state index in [2.05, 4.69) is 15.4 Å². The molecule has 3 rings (SSSR count). The van der Waals surface area contributed by atoms with Gasteiger partial charge in [0.25, 0.3) is 5.91 Å². The fraction of sp³-hybridized carbons (Fsp3) is 0.364. The molecule has 0 atom stereocenters. The number of hydrogen-bond donors (Lipinski definition) is 1. The SMILES string of the molecule is O=C(c1cnn2ccncc12)N1CCNCC1. The highest BCUT2D eigenvalue weighted by Crippen LogP contribution is 2.12. The van der Waals surface area contributed by atoms with E-state index in [0.717, 1.165) is 31.7 Å². The maximum absolute atomic E-state index is 12.3. The molecule has 1 fully saturated rings. The van der Waals surface area contributed by atoms with Crippen molar-refractivity contribution in [3.63, 3.8) is 0 Å². The largest absolute Gasteiger partial charge is 0.336 e. The summed E-state index contributed by atoms with van der Waals surface area (Å²) < 4.78 is 1.67. The van der Waals surface area contributed by atoms with Gasteiger partial charge in [0.15, 0.2) is 0 Å². The Kier molecular flexibility index (Phi) is 2.49. The van der Waals surface area contributed by atoms with Gasteiger partial charge in [-0.2, -0.15) is 5.10 Å². The molecule has 0 spiro atoms. The molecule has 0 aromatic carbocycles. The number of fused-ring (bicyclic) bond motifs is 1. The molecule has 1 aliphatic heterocycles. The highest BCUT2D eigenvalue weighted by atomic mass is 16.2. The first-order chi connectivity index (χ1) is 8.36. The van der Waals surface area contributed by atoms with Crippen LogP contribution in [0.3, 0.4) is 0 Å². The van der Waals surface area contributed by atoms with Gasteiger partial charge in [-0.1, -0.05) is 0 Å². The molecule has 3 heterocycles. The first-order valence-corrected chi connectivity index (χ1v) is 5.63. The zero-order valence-corrected chi connectivity index (χ0v) is 9.33. The van der Waals surface area contributed by atoms with Crippen LogP contribution in [0.2, 0.25) is 0 Å². The van der Waals surface area contributed by atoms with Crippen molar-refractivity contribution in [3.8, 4) is 0 Å². The molecule has 0 aliphatic carbocycles. The van der Waals surface area contributed by atoms with Gasteiger partial charge in [-0.25, -0.2) is 4.52 Å². The quantitative estimate of drug-likeness (QED) is 0.736. The van der Waals surface area contributed by atoms with Crippen molar-refractivity contribution in [2.75, 3.05) is 26.2 Å². The van der Waals surface area contributed by atoms with E-state index in [1.807, 2.05) is 4.90 Å². The first kappa shape index (κ1) is 10.2. The number of carbonyl (C=O) groups excluding carboxylic acids is 1. The molecule has 6 heteroatoms. The second kappa shape index (κ2) is 4.14.